The lowest BCUT2D eigenvalue weighted by molar-refractivity contribution is -0.127. The maximum atomic E-state index is 16.2. The zero-order valence-corrected chi connectivity index (χ0v) is 26.7. The first-order valence-electron chi connectivity index (χ1n) is 15.1. The number of hydrogen-bond donors (Lipinski definition) is 1. The fourth-order valence-electron chi connectivity index (χ4n) is 6.75. The molecule has 1 amide bonds. The molecule has 2 saturated heterocycles. The molecule has 2 aliphatic heterocycles. The van der Waals surface area contributed by atoms with Crippen LogP contribution in [0.3, 0.4) is 0 Å². The Balaban J connectivity index is 1.49. The minimum Gasteiger partial charge on any atom is -0.462 e. The molecule has 2 fully saturated rings. The molecule has 10 nitrogen and oxygen atoms in total. The number of nitrogens with two attached hydrogens (primary N) is 1. The number of halogens is 2. The third kappa shape index (κ3) is 5.50. The second kappa shape index (κ2) is 12.8. The molecule has 0 aliphatic carbocycles. The van der Waals surface area contributed by atoms with Gasteiger partial charge in [-0.3, -0.25) is 4.79 Å². The average Bonchev–Trinajstić information content (AvgIpc) is 3.75. The third-order valence-corrected chi connectivity index (χ3v) is 10.2. The number of thiophene rings is 1. The summed E-state index contributed by atoms with van der Waals surface area (Å²) in [5, 5.41) is 10.7. The van der Waals surface area contributed by atoms with Crippen molar-refractivity contribution in [2.75, 3.05) is 58.1 Å². The molecule has 4 heterocycles. The van der Waals surface area contributed by atoms with E-state index in [4.69, 9.17) is 25.2 Å². The van der Waals surface area contributed by atoms with E-state index >= 15 is 4.39 Å². The summed E-state index contributed by atoms with van der Waals surface area (Å²) in [6.07, 6.45) is 3.99. The molecule has 0 saturated carbocycles. The Morgan fingerprint density at radius 3 is 2.72 bits per heavy atom. The van der Waals surface area contributed by atoms with Crippen LogP contribution in [0, 0.1) is 23.0 Å². The highest BCUT2D eigenvalue weighted by Gasteiger charge is 2.39. The molecule has 0 bridgehead atoms. The molecule has 2 N–H and O–H groups in total. The van der Waals surface area contributed by atoms with Crippen LogP contribution in [-0.4, -0.2) is 91.3 Å². The number of rotatable bonds is 9. The number of ether oxygens (including phenoxy) is 2. The van der Waals surface area contributed by atoms with Gasteiger partial charge < -0.3 is 29.9 Å². The van der Waals surface area contributed by atoms with Gasteiger partial charge in [0.25, 0.3) is 0 Å². The molecule has 46 heavy (non-hydrogen) atoms. The number of likely N-dealkylation sites (tertiary alicyclic amines) is 2. The number of anilines is 2. The lowest BCUT2D eigenvalue weighted by atomic mass is 9.97. The van der Waals surface area contributed by atoms with E-state index in [9.17, 15) is 14.4 Å². The summed E-state index contributed by atoms with van der Waals surface area (Å²) < 4.78 is 42.9. The first kappa shape index (κ1) is 31.6. The van der Waals surface area contributed by atoms with Gasteiger partial charge >= 0.3 is 6.01 Å². The normalized spacial score (nSPS) is 20.0. The minimum atomic E-state index is -0.600. The first-order chi connectivity index (χ1) is 22.2. The van der Waals surface area contributed by atoms with Crippen molar-refractivity contribution in [1.82, 2.24) is 19.8 Å². The maximum absolute atomic E-state index is 16.2. The number of nitrogen functional groups attached to an aromatic ring is 1. The largest absolute Gasteiger partial charge is 0.462 e. The predicted molar refractivity (Wildman–Crippen MR) is 175 cm³/mol. The van der Waals surface area contributed by atoms with Crippen LogP contribution in [-0.2, 0) is 9.53 Å². The minimum absolute atomic E-state index is 0.103. The highest BCUT2D eigenvalue weighted by Crippen LogP contribution is 2.43. The van der Waals surface area contributed by atoms with Crippen molar-refractivity contribution in [2.45, 2.75) is 37.4 Å². The molecule has 1 unspecified atom stereocenters. The van der Waals surface area contributed by atoms with Crippen molar-refractivity contribution in [3.05, 3.63) is 54.1 Å². The number of aromatic nitrogens is 2. The van der Waals surface area contributed by atoms with Crippen molar-refractivity contribution in [3.8, 4) is 23.2 Å². The van der Waals surface area contributed by atoms with Crippen molar-refractivity contribution in [1.29, 1.82) is 5.26 Å². The number of nitrogens with zero attached hydrogens (tertiary/aromatic N) is 6. The lowest BCUT2D eigenvalue weighted by Gasteiger charge is -2.33. The lowest BCUT2D eigenvalue weighted by Crippen LogP contribution is -2.48. The second-order valence-electron chi connectivity index (χ2n) is 11.7. The van der Waals surface area contributed by atoms with Crippen molar-refractivity contribution in [3.63, 3.8) is 0 Å². The number of amides is 1. The van der Waals surface area contributed by atoms with E-state index in [1.165, 1.54) is 24.3 Å². The van der Waals surface area contributed by atoms with Gasteiger partial charge in [0.15, 0.2) is 0 Å². The molecule has 2 aliphatic rings. The van der Waals surface area contributed by atoms with E-state index in [-0.39, 0.29) is 56.3 Å². The van der Waals surface area contributed by atoms with Crippen LogP contribution in [0.5, 0.6) is 6.01 Å². The smallest absolute Gasteiger partial charge is 0.319 e. The Morgan fingerprint density at radius 2 is 2.02 bits per heavy atom. The van der Waals surface area contributed by atoms with Gasteiger partial charge in [-0.2, -0.15) is 15.2 Å². The molecule has 2 aromatic carbocycles. The molecule has 2 aromatic heterocycles. The fraction of sp³-hybridized carbons (Fsp3) is 0.394. The standard InChI is InChI=1S/C33H35F2N7O3S/c1-5-28(43)42-12-10-26(27(42)17-44-4)41(3)32-21-13-24(35)20(19-8-9-23(34)30-29(19)22(15-36)31(37)46-30)14-25(21)38-33(39-32)45-16-18-7-6-11-40(18)2/h5,8-9,13-14,18,26-27H,1,6-7,10-12,16-17,37H2,2-4H3/t18-,26?,27+/m0/s1. The Labute approximate surface area is 269 Å². The molecule has 0 radical (unpaired) electrons. The van der Waals surface area contributed by atoms with E-state index in [0.717, 1.165) is 30.7 Å². The summed E-state index contributed by atoms with van der Waals surface area (Å²) in [6.45, 7) is 5.80. The fourth-order valence-corrected chi connectivity index (χ4v) is 7.70. The van der Waals surface area contributed by atoms with Crippen molar-refractivity contribution in [2.24, 2.45) is 0 Å². The SMILES string of the molecule is C=CC(=O)N1CCC(N(C)c2nc(OC[C@@H]3CCCN3C)nc3cc(-c4ccc(F)c5sc(N)c(C#N)c45)c(F)cc23)[C@H]1COC. The summed E-state index contributed by atoms with van der Waals surface area (Å²) in [5.41, 5.74) is 7.04. The summed E-state index contributed by atoms with van der Waals surface area (Å²) >= 11 is 0.955. The van der Waals surface area contributed by atoms with Crippen LogP contribution in [0.1, 0.15) is 24.8 Å². The molecule has 4 aromatic rings. The monoisotopic (exact) mass is 647 g/mol. The first-order valence-corrected chi connectivity index (χ1v) is 15.9. The number of carbonyl (C=O) groups is 1. The maximum Gasteiger partial charge on any atom is 0.319 e. The van der Waals surface area contributed by atoms with Gasteiger partial charge in [-0.25, -0.2) is 8.78 Å². The number of nitriles is 1. The number of likely N-dealkylation sites (N-methyl/N-ethyl adjacent to an activating group) is 2. The Bertz CT molecular complexity index is 1880. The quantitative estimate of drug-likeness (QED) is 0.252. The summed E-state index contributed by atoms with van der Waals surface area (Å²) in [6, 6.07) is 7.53. The van der Waals surface area contributed by atoms with Crippen LogP contribution in [0.2, 0.25) is 0 Å². The summed E-state index contributed by atoms with van der Waals surface area (Å²) in [7, 11) is 5.49. The van der Waals surface area contributed by atoms with Gasteiger partial charge in [-0.15, -0.1) is 11.3 Å². The summed E-state index contributed by atoms with van der Waals surface area (Å²) in [4.78, 5) is 28.1. The van der Waals surface area contributed by atoms with Crippen molar-refractivity contribution < 1.29 is 23.0 Å². The van der Waals surface area contributed by atoms with Crippen LogP contribution in [0.15, 0.2) is 36.9 Å². The summed E-state index contributed by atoms with van der Waals surface area (Å²) in [5.74, 6) is -0.895. The number of hydrogen-bond acceptors (Lipinski definition) is 10. The highest BCUT2D eigenvalue weighted by atomic mass is 32.1. The van der Waals surface area contributed by atoms with Gasteiger partial charge in [-0.1, -0.05) is 12.6 Å². The zero-order valence-electron chi connectivity index (χ0n) is 25.9. The number of benzene rings is 2. The van der Waals surface area contributed by atoms with Gasteiger partial charge in [0, 0.05) is 43.1 Å². The zero-order chi connectivity index (χ0) is 32.7. The van der Waals surface area contributed by atoms with E-state index < -0.39 is 11.6 Å². The van der Waals surface area contributed by atoms with E-state index in [0.29, 0.717) is 48.5 Å². The van der Waals surface area contributed by atoms with Crippen LogP contribution >= 0.6 is 11.3 Å². The topological polar surface area (TPSA) is 121 Å². The predicted octanol–water partition coefficient (Wildman–Crippen LogP) is 4.95. The van der Waals surface area contributed by atoms with Gasteiger partial charge in [0.05, 0.1) is 34.5 Å². The molecule has 6 rings (SSSR count). The van der Waals surface area contributed by atoms with E-state index in [1.54, 1.807) is 18.1 Å². The van der Waals surface area contributed by atoms with E-state index in [2.05, 4.69) is 18.5 Å². The second-order valence-corrected chi connectivity index (χ2v) is 12.8. The van der Waals surface area contributed by atoms with Gasteiger partial charge in [0.2, 0.25) is 5.91 Å². The van der Waals surface area contributed by atoms with Crippen LogP contribution in [0.25, 0.3) is 32.1 Å². The van der Waals surface area contributed by atoms with Gasteiger partial charge in [-0.05, 0) is 62.7 Å². The molecular weight excluding hydrogens is 612 g/mol. The Morgan fingerprint density at radius 1 is 1.22 bits per heavy atom. The van der Waals surface area contributed by atoms with E-state index in [1.807, 2.05) is 18.0 Å². The van der Waals surface area contributed by atoms with Crippen molar-refractivity contribution >= 4 is 49.1 Å². The number of carbonyl (C=O) groups excluding carboxylic acids is 1. The van der Waals surface area contributed by atoms with Crippen LogP contribution in [0.4, 0.5) is 19.6 Å². The molecule has 240 valence electrons. The highest BCUT2D eigenvalue weighted by molar-refractivity contribution is 7.23. The molecular formula is C33H35F2N7O3S. The number of fused-ring (bicyclic) bond motifs is 2. The average molecular weight is 648 g/mol. The third-order valence-electron chi connectivity index (χ3n) is 9.18. The molecule has 13 heteroatoms. The molecule has 0 spiro atoms. The van der Waals surface area contributed by atoms with Gasteiger partial charge in [0.1, 0.15) is 35.1 Å². The Kier molecular flexibility index (Phi) is 8.78. The number of methoxy groups -OCH3 is 1. The molecule has 3 atom stereocenters. The van der Waals surface area contributed by atoms with Crippen LogP contribution < -0.4 is 15.4 Å². The Hall–Kier alpha value is -4.38.